The first kappa shape index (κ1) is 14.2. The van der Waals surface area contributed by atoms with Crippen molar-refractivity contribution < 1.29 is 4.74 Å². The van der Waals surface area contributed by atoms with Gasteiger partial charge in [0, 0.05) is 24.2 Å². The van der Waals surface area contributed by atoms with Gasteiger partial charge in [-0.1, -0.05) is 18.2 Å². The minimum absolute atomic E-state index is 0.684. The van der Waals surface area contributed by atoms with Gasteiger partial charge in [-0.05, 0) is 62.4 Å². The third-order valence-corrected chi connectivity index (χ3v) is 5.24. The van der Waals surface area contributed by atoms with Gasteiger partial charge >= 0.3 is 0 Å². The number of fused-ring (bicyclic) bond motifs is 1. The highest BCUT2D eigenvalue weighted by molar-refractivity contribution is 5.78. The van der Waals surface area contributed by atoms with Gasteiger partial charge in [0.25, 0.3) is 0 Å². The van der Waals surface area contributed by atoms with Crippen molar-refractivity contribution in [3.05, 3.63) is 42.1 Å². The molecule has 1 aromatic carbocycles. The normalized spacial score (nSPS) is 24.1. The van der Waals surface area contributed by atoms with E-state index in [0.717, 1.165) is 24.6 Å². The molecule has 2 aliphatic rings. The number of piperidine rings is 1. The second-order valence-corrected chi connectivity index (χ2v) is 6.74. The van der Waals surface area contributed by atoms with Crippen molar-refractivity contribution >= 4 is 10.9 Å². The van der Waals surface area contributed by atoms with E-state index in [4.69, 9.17) is 4.74 Å². The maximum absolute atomic E-state index is 5.52. The average Bonchev–Trinajstić information content (AvgIpc) is 3.10. The van der Waals surface area contributed by atoms with E-state index in [1.807, 2.05) is 0 Å². The van der Waals surface area contributed by atoms with Crippen molar-refractivity contribution in [2.45, 2.75) is 31.7 Å². The summed E-state index contributed by atoms with van der Waals surface area (Å²) in [4.78, 5) is 7.24. The lowest BCUT2D eigenvalue weighted by molar-refractivity contribution is 0.110. The van der Waals surface area contributed by atoms with E-state index in [2.05, 4.69) is 46.4 Å². The van der Waals surface area contributed by atoms with Crippen molar-refractivity contribution in [1.29, 1.82) is 0 Å². The van der Waals surface area contributed by atoms with Gasteiger partial charge in [0.05, 0.1) is 12.1 Å². The van der Waals surface area contributed by atoms with E-state index in [9.17, 15) is 0 Å². The van der Waals surface area contributed by atoms with E-state index >= 15 is 0 Å². The Kier molecular flexibility index (Phi) is 4.09. The van der Waals surface area contributed by atoms with Gasteiger partial charge in [0.2, 0.25) is 0 Å². The van der Waals surface area contributed by atoms with E-state index < -0.39 is 0 Å². The Balaban J connectivity index is 1.37. The van der Waals surface area contributed by atoms with Crippen LogP contribution in [-0.2, 0) is 11.2 Å². The number of hydrogen-bond acceptors (Lipinski definition) is 3. The fourth-order valence-corrected chi connectivity index (χ4v) is 3.89. The number of likely N-dealkylation sites (tertiary alicyclic amines) is 1. The van der Waals surface area contributed by atoms with Crippen LogP contribution in [0.15, 0.2) is 36.5 Å². The summed E-state index contributed by atoms with van der Waals surface area (Å²) in [6, 6.07) is 11.4. The fourth-order valence-electron chi connectivity index (χ4n) is 3.89. The molecule has 1 atom stereocenters. The summed E-state index contributed by atoms with van der Waals surface area (Å²) in [5.41, 5.74) is 2.49. The zero-order chi connectivity index (χ0) is 14.8. The monoisotopic (exact) mass is 296 g/mol. The summed E-state index contributed by atoms with van der Waals surface area (Å²) in [5, 5.41) is 1.26. The van der Waals surface area contributed by atoms with E-state index in [1.54, 1.807) is 0 Å². The van der Waals surface area contributed by atoms with Crippen molar-refractivity contribution in [2.75, 3.05) is 26.3 Å². The molecule has 0 aliphatic carbocycles. The molecule has 2 saturated heterocycles. The first-order valence-electron chi connectivity index (χ1n) is 8.54. The first-order chi connectivity index (χ1) is 10.9. The topological polar surface area (TPSA) is 25.4 Å². The molecule has 2 fully saturated rings. The second kappa shape index (κ2) is 6.35. The van der Waals surface area contributed by atoms with Crippen LogP contribution in [0.1, 0.15) is 24.8 Å². The van der Waals surface area contributed by atoms with Crippen LogP contribution in [0, 0.1) is 5.92 Å². The Morgan fingerprint density at radius 3 is 2.82 bits per heavy atom. The number of benzene rings is 1. The maximum Gasteiger partial charge on any atom is 0.0702 e. The molecule has 3 nitrogen and oxygen atoms in total. The predicted octanol–water partition coefficient (Wildman–Crippen LogP) is 3.28. The Morgan fingerprint density at radius 2 is 2.00 bits per heavy atom. The second-order valence-electron chi connectivity index (χ2n) is 6.74. The summed E-state index contributed by atoms with van der Waals surface area (Å²) >= 11 is 0. The molecule has 2 aromatic rings. The molecule has 0 spiro atoms. The zero-order valence-electron chi connectivity index (χ0n) is 13.1. The Labute approximate surface area is 132 Å². The smallest absolute Gasteiger partial charge is 0.0702 e. The number of hydrogen-bond donors (Lipinski definition) is 0. The third-order valence-electron chi connectivity index (χ3n) is 5.24. The van der Waals surface area contributed by atoms with Gasteiger partial charge in [0.15, 0.2) is 0 Å². The van der Waals surface area contributed by atoms with Gasteiger partial charge in [-0.15, -0.1) is 0 Å². The Morgan fingerprint density at radius 1 is 1.14 bits per heavy atom. The predicted molar refractivity (Wildman–Crippen MR) is 89.0 cm³/mol. The van der Waals surface area contributed by atoms with Crippen LogP contribution in [0.2, 0.25) is 0 Å². The standard InChI is InChI=1S/C19H24N2O/c1-2-4-19-17(3-1)12-16(13-20-19)11-15-5-8-21(9-6-15)18-7-10-22-14-18/h1-4,12-13,15,18H,5-11,14H2/t18-/m1/s1. The van der Waals surface area contributed by atoms with Gasteiger partial charge < -0.3 is 4.74 Å². The quantitative estimate of drug-likeness (QED) is 0.869. The van der Waals surface area contributed by atoms with Crippen molar-refractivity contribution in [1.82, 2.24) is 9.88 Å². The fraction of sp³-hybridized carbons (Fsp3) is 0.526. The van der Waals surface area contributed by atoms with Crippen LogP contribution in [0.5, 0.6) is 0 Å². The molecule has 0 N–H and O–H groups in total. The van der Waals surface area contributed by atoms with Crippen molar-refractivity contribution in [3.8, 4) is 0 Å². The number of ether oxygens (including phenoxy) is 1. The minimum atomic E-state index is 0.684. The number of rotatable bonds is 3. The molecule has 116 valence electrons. The van der Waals surface area contributed by atoms with E-state index in [0.29, 0.717) is 6.04 Å². The van der Waals surface area contributed by atoms with Crippen LogP contribution >= 0.6 is 0 Å². The maximum atomic E-state index is 5.52. The zero-order valence-corrected chi connectivity index (χ0v) is 13.1. The lowest BCUT2D eigenvalue weighted by Gasteiger charge is -2.35. The molecule has 2 aliphatic heterocycles. The molecule has 0 saturated carbocycles. The molecule has 4 rings (SSSR count). The highest BCUT2D eigenvalue weighted by Crippen LogP contribution is 2.25. The largest absolute Gasteiger partial charge is 0.380 e. The summed E-state index contributed by atoms with van der Waals surface area (Å²) < 4.78 is 5.52. The average molecular weight is 296 g/mol. The van der Waals surface area contributed by atoms with E-state index in [-0.39, 0.29) is 0 Å². The lowest BCUT2D eigenvalue weighted by Crippen LogP contribution is -2.42. The van der Waals surface area contributed by atoms with Crippen LogP contribution in [0.25, 0.3) is 10.9 Å². The van der Waals surface area contributed by atoms with Gasteiger partial charge in [-0.25, -0.2) is 0 Å². The number of nitrogens with zero attached hydrogens (tertiary/aromatic N) is 2. The molecular weight excluding hydrogens is 272 g/mol. The number of para-hydroxylation sites is 1. The first-order valence-corrected chi connectivity index (χ1v) is 8.54. The Hall–Kier alpha value is -1.45. The van der Waals surface area contributed by atoms with E-state index in [1.165, 1.54) is 49.7 Å². The summed E-state index contributed by atoms with van der Waals surface area (Å²) in [6.45, 7) is 4.37. The Bertz CT molecular complexity index is 628. The van der Waals surface area contributed by atoms with Gasteiger partial charge in [0.1, 0.15) is 0 Å². The SMILES string of the molecule is c1ccc2ncc(CC3CCN([C@@H]4CCOC4)CC3)cc2c1. The number of aromatic nitrogens is 1. The molecule has 3 heterocycles. The highest BCUT2D eigenvalue weighted by Gasteiger charge is 2.27. The van der Waals surface area contributed by atoms with Crippen molar-refractivity contribution in [2.24, 2.45) is 5.92 Å². The minimum Gasteiger partial charge on any atom is -0.380 e. The molecule has 0 bridgehead atoms. The summed E-state index contributed by atoms with van der Waals surface area (Å²) in [6.07, 6.45) is 7.08. The highest BCUT2D eigenvalue weighted by atomic mass is 16.5. The molecule has 0 radical (unpaired) electrons. The van der Waals surface area contributed by atoms with Gasteiger partial charge in [-0.3, -0.25) is 9.88 Å². The van der Waals surface area contributed by atoms with Crippen LogP contribution in [0.3, 0.4) is 0 Å². The van der Waals surface area contributed by atoms with Crippen LogP contribution in [0.4, 0.5) is 0 Å². The molecule has 22 heavy (non-hydrogen) atoms. The van der Waals surface area contributed by atoms with Gasteiger partial charge in [-0.2, -0.15) is 0 Å². The molecular formula is C19H24N2O. The number of pyridine rings is 1. The molecule has 0 amide bonds. The van der Waals surface area contributed by atoms with Crippen LogP contribution < -0.4 is 0 Å². The van der Waals surface area contributed by atoms with Crippen LogP contribution in [-0.4, -0.2) is 42.2 Å². The summed E-state index contributed by atoms with van der Waals surface area (Å²) in [5.74, 6) is 0.807. The molecule has 1 aromatic heterocycles. The molecule has 3 heteroatoms. The van der Waals surface area contributed by atoms with Crippen molar-refractivity contribution in [3.63, 3.8) is 0 Å². The lowest BCUT2D eigenvalue weighted by atomic mass is 9.89. The molecule has 0 unspecified atom stereocenters. The third kappa shape index (κ3) is 3.01. The summed E-state index contributed by atoms with van der Waals surface area (Å²) in [7, 11) is 0.